The zero-order valence-corrected chi connectivity index (χ0v) is 10.4. The molecule has 0 spiro atoms. The van der Waals surface area contributed by atoms with E-state index in [-0.39, 0.29) is 5.41 Å². The van der Waals surface area contributed by atoms with Gasteiger partial charge in [-0.15, -0.1) is 11.6 Å². The van der Waals surface area contributed by atoms with Crippen LogP contribution in [0.2, 0.25) is 0 Å². The second kappa shape index (κ2) is 4.75. The third kappa shape index (κ3) is 2.57. The molecular formula is C12H17ClO2. The second-order valence-corrected chi connectivity index (χ2v) is 4.35. The van der Waals surface area contributed by atoms with Gasteiger partial charge in [-0.2, -0.15) is 0 Å². The van der Waals surface area contributed by atoms with Crippen LogP contribution in [0.3, 0.4) is 0 Å². The molecule has 1 rings (SSSR count). The Morgan fingerprint density at radius 1 is 1.20 bits per heavy atom. The molecular weight excluding hydrogens is 212 g/mol. The van der Waals surface area contributed by atoms with Crippen molar-refractivity contribution in [1.82, 2.24) is 0 Å². The monoisotopic (exact) mass is 228 g/mol. The Morgan fingerprint density at radius 2 is 1.87 bits per heavy atom. The van der Waals surface area contributed by atoms with Gasteiger partial charge in [-0.25, -0.2) is 0 Å². The highest BCUT2D eigenvalue weighted by Crippen LogP contribution is 2.34. The Bertz CT molecular complexity index is 334. The van der Waals surface area contributed by atoms with E-state index in [9.17, 15) is 0 Å². The largest absolute Gasteiger partial charge is 0.497 e. The number of ether oxygens (including phenoxy) is 2. The van der Waals surface area contributed by atoms with E-state index < -0.39 is 0 Å². The first kappa shape index (κ1) is 12.2. The molecule has 0 aliphatic carbocycles. The summed E-state index contributed by atoms with van der Waals surface area (Å²) in [5, 5.41) is 0. The van der Waals surface area contributed by atoms with E-state index in [4.69, 9.17) is 21.1 Å². The predicted octanol–water partition coefficient (Wildman–Crippen LogP) is 3.22. The molecule has 1 aromatic rings. The Morgan fingerprint density at radius 3 is 2.33 bits per heavy atom. The van der Waals surface area contributed by atoms with Crippen LogP contribution in [0.1, 0.15) is 19.4 Å². The lowest BCUT2D eigenvalue weighted by Crippen LogP contribution is -2.20. The maximum atomic E-state index is 5.94. The average Bonchev–Trinajstić information content (AvgIpc) is 2.28. The number of halogens is 1. The molecule has 1 aromatic carbocycles. The summed E-state index contributed by atoms with van der Waals surface area (Å²) in [6.45, 7) is 4.18. The van der Waals surface area contributed by atoms with Crippen LogP contribution in [0.25, 0.3) is 0 Å². The summed E-state index contributed by atoms with van der Waals surface area (Å²) in [6, 6.07) is 5.80. The van der Waals surface area contributed by atoms with E-state index in [0.29, 0.717) is 5.88 Å². The third-order valence-electron chi connectivity index (χ3n) is 2.47. The lowest BCUT2D eigenvalue weighted by Gasteiger charge is -2.24. The molecule has 0 aliphatic heterocycles. The number of rotatable bonds is 4. The van der Waals surface area contributed by atoms with Crippen molar-refractivity contribution in [2.45, 2.75) is 19.3 Å². The molecule has 84 valence electrons. The number of methoxy groups -OCH3 is 2. The molecule has 0 N–H and O–H groups in total. The lowest BCUT2D eigenvalue weighted by atomic mass is 9.86. The number of hydrogen-bond donors (Lipinski definition) is 0. The van der Waals surface area contributed by atoms with Crippen LogP contribution in [-0.2, 0) is 5.41 Å². The van der Waals surface area contributed by atoms with Crippen LogP contribution < -0.4 is 9.47 Å². The SMILES string of the molecule is COc1ccc(C(C)(C)CCl)c(OC)c1. The first-order chi connectivity index (χ1) is 7.05. The van der Waals surface area contributed by atoms with Gasteiger partial charge in [0.1, 0.15) is 11.5 Å². The molecule has 0 aliphatic rings. The van der Waals surface area contributed by atoms with Crippen molar-refractivity contribution in [1.29, 1.82) is 0 Å². The minimum absolute atomic E-state index is 0.0980. The molecule has 0 bridgehead atoms. The lowest BCUT2D eigenvalue weighted by molar-refractivity contribution is 0.383. The van der Waals surface area contributed by atoms with Gasteiger partial charge in [0.15, 0.2) is 0 Å². The number of alkyl halides is 1. The zero-order valence-electron chi connectivity index (χ0n) is 9.63. The fourth-order valence-corrected chi connectivity index (χ4v) is 1.57. The van der Waals surface area contributed by atoms with Gasteiger partial charge in [0.05, 0.1) is 14.2 Å². The standard InChI is InChI=1S/C12H17ClO2/c1-12(2,8-13)10-6-5-9(14-3)7-11(10)15-4/h5-7H,8H2,1-4H3. The van der Waals surface area contributed by atoms with Gasteiger partial charge in [0.25, 0.3) is 0 Å². The predicted molar refractivity (Wildman–Crippen MR) is 63.3 cm³/mol. The first-order valence-corrected chi connectivity index (χ1v) is 5.37. The summed E-state index contributed by atoms with van der Waals surface area (Å²) < 4.78 is 10.5. The van der Waals surface area contributed by atoms with Crippen molar-refractivity contribution in [2.75, 3.05) is 20.1 Å². The van der Waals surface area contributed by atoms with Crippen LogP contribution >= 0.6 is 11.6 Å². The zero-order chi connectivity index (χ0) is 11.5. The molecule has 0 fully saturated rings. The first-order valence-electron chi connectivity index (χ1n) is 4.83. The van der Waals surface area contributed by atoms with Gasteiger partial charge in [0.2, 0.25) is 0 Å². The van der Waals surface area contributed by atoms with Crippen LogP contribution in [0.4, 0.5) is 0 Å². The van der Waals surface area contributed by atoms with Gasteiger partial charge in [0, 0.05) is 22.9 Å². The van der Waals surface area contributed by atoms with Gasteiger partial charge in [-0.1, -0.05) is 19.9 Å². The summed E-state index contributed by atoms with van der Waals surface area (Å²) in [4.78, 5) is 0. The maximum absolute atomic E-state index is 5.94. The fraction of sp³-hybridized carbons (Fsp3) is 0.500. The van der Waals surface area contributed by atoms with E-state index >= 15 is 0 Å². The molecule has 0 radical (unpaired) electrons. The Kier molecular flexibility index (Phi) is 3.86. The molecule has 0 saturated heterocycles. The quantitative estimate of drug-likeness (QED) is 0.737. The van der Waals surface area contributed by atoms with Crippen LogP contribution in [-0.4, -0.2) is 20.1 Å². The van der Waals surface area contributed by atoms with Crippen molar-refractivity contribution in [2.24, 2.45) is 0 Å². The smallest absolute Gasteiger partial charge is 0.126 e. The molecule has 15 heavy (non-hydrogen) atoms. The summed E-state index contributed by atoms with van der Waals surface area (Å²) in [5.74, 6) is 2.16. The Hall–Kier alpha value is -0.890. The number of hydrogen-bond acceptors (Lipinski definition) is 2. The van der Waals surface area contributed by atoms with E-state index in [1.165, 1.54) is 0 Å². The minimum Gasteiger partial charge on any atom is -0.497 e. The molecule has 2 nitrogen and oxygen atoms in total. The summed E-state index contributed by atoms with van der Waals surface area (Å²) in [6.07, 6.45) is 0. The summed E-state index contributed by atoms with van der Waals surface area (Å²) >= 11 is 5.94. The number of benzene rings is 1. The van der Waals surface area contributed by atoms with Crippen molar-refractivity contribution in [3.05, 3.63) is 23.8 Å². The highest BCUT2D eigenvalue weighted by molar-refractivity contribution is 6.18. The highest BCUT2D eigenvalue weighted by atomic mass is 35.5. The molecule has 0 aromatic heterocycles. The van der Waals surface area contributed by atoms with Crippen LogP contribution in [0.5, 0.6) is 11.5 Å². The van der Waals surface area contributed by atoms with Crippen LogP contribution in [0.15, 0.2) is 18.2 Å². The summed E-state index contributed by atoms with van der Waals surface area (Å²) in [7, 11) is 3.30. The summed E-state index contributed by atoms with van der Waals surface area (Å²) in [5.41, 5.74) is 1.000. The van der Waals surface area contributed by atoms with Crippen LogP contribution in [0, 0.1) is 0 Å². The van der Waals surface area contributed by atoms with Crippen molar-refractivity contribution >= 4 is 11.6 Å². The molecule has 0 unspecified atom stereocenters. The fourth-order valence-electron chi connectivity index (χ4n) is 1.43. The second-order valence-electron chi connectivity index (χ2n) is 4.08. The van der Waals surface area contributed by atoms with Gasteiger partial charge >= 0.3 is 0 Å². The van der Waals surface area contributed by atoms with E-state index in [2.05, 4.69) is 13.8 Å². The third-order valence-corrected chi connectivity index (χ3v) is 3.14. The van der Waals surface area contributed by atoms with Crippen molar-refractivity contribution < 1.29 is 9.47 Å². The van der Waals surface area contributed by atoms with Crippen molar-refractivity contribution in [3.8, 4) is 11.5 Å². The maximum Gasteiger partial charge on any atom is 0.126 e. The van der Waals surface area contributed by atoms with Gasteiger partial charge in [-0.3, -0.25) is 0 Å². The Labute approximate surface area is 96.2 Å². The van der Waals surface area contributed by atoms with E-state index in [1.807, 2.05) is 18.2 Å². The van der Waals surface area contributed by atoms with E-state index in [0.717, 1.165) is 17.1 Å². The van der Waals surface area contributed by atoms with Crippen molar-refractivity contribution in [3.63, 3.8) is 0 Å². The highest BCUT2D eigenvalue weighted by Gasteiger charge is 2.23. The van der Waals surface area contributed by atoms with E-state index in [1.54, 1.807) is 14.2 Å². The molecule has 3 heteroatoms. The van der Waals surface area contributed by atoms with Gasteiger partial charge < -0.3 is 9.47 Å². The average molecular weight is 229 g/mol. The van der Waals surface area contributed by atoms with Gasteiger partial charge in [-0.05, 0) is 6.07 Å². The molecule has 0 amide bonds. The normalized spacial score (nSPS) is 11.3. The topological polar surface area (TPSA) is 18.5 Å². The molecule has 0 saturated carbocycles. The Balaban J connectivity index is 3.18. The minimum atomic E-state index is -0.0980. The molecule has 0 heterocycles. The molecule has 0 atom stereocenters.